The Morgan fingerprint density at radius 1 is 1.26 bits per heavy atom. The minimum atomic E-state index is -4.86. The number of carbonyl (C=O) groups is 1. The van der Waals surface area contributed by atoms with Gasteiger partial charge in [0.25, 0.3) is 0 Å². The van der Waals surface area contributed by atoms with Crippen molar-refractivity contribution in [3.63, 3.8) is 0 Å². The Bertz CT molecular complexity index is 695. The molecule has 0 aromatic heterocycles. The molecule has 152 valence electrons. The summed E-state index contributed by atoms with van der Waals surface area (Å²) in [6.07, 6.45) is -1.70. The van der Waals surface area contributed by atoms with Crippen molar-refractivity contribution < 1.29 is 37.7 Å². The molecule has 0 radical (unpaired) electrons. The van der Waals surface area contributed by atoms with E-state index in [9.17, 15) is 23.1 Å². The lowest BCUT2D eigenvalue weighted by atomic mass is 9.63. The molecule has 1 spiro atoms. The molecule has 3 atom stereocenters. The van der Waals surface area contributed by atoms with Crippen LogP contribution in [0.25, 0.3) is 0 Å². The molecule has 8 heteroatoms. The monoisotopic (exact) mass is 390 g/mol. The summed E-state index contributed by atoms with van der Waals surface area (Å²) in [7, 11) is 0. The topological polar surface area (TPSA) is 76.0 Å². The molecule has 1 aliphatic carbocycles. The molecule has 27 heavy (non-hydrogen) atoms. The summed E-state index contributed by atoms with van der Waals surface area (Å²) in [5, 5.41) is 19.9. The number of ether oxygens (including phenoxy) is 2. The molecular weight excluding hydrogens is 365 g/mol. The van der Waals surface area contributed by atoms with Gasteiger partial charge in [0.1, 0.15) is 5.60 Å². The number of hydrogen-bond acceptors (Lipinski definition) is 4. The zero-order chi connectivity index (χ0) is 20.8. The summed E-state index contributed by atoms with van der Waals surface area (Å²) in [4.78, 5) is 10.7. The largest absolute Gasteiger partial charge is 0.478 e. The number of aliphatic hydroxyl groups is 1. The van der Waals surface area contributed by atoms with E-state index < -0.39 is 34.5 Å². The van der Waals surface area contributed by atoms with Gasteiger partial charge in [-0.05, 0) is 38.5 Å². The fourth-order valence-electron chi connectivity index (χ4n) is 3.70. The number of hydrogen-bond donors (Lipinski definition) is 2. The van der Waals surface area contributed by atoms with Crippen molar-refractivity contribution in [2.24, 2.45) is 5.41 Å². The molecule has 2 aliphatic rings. The molecule has 3 unspecified atom stereocenters. The van der Waals surface area contributed by atoms with E-state index in [1.165, 1.54) is 0 Å². The van der Waals surface area contributed by atoms with Crippen LogP contribution in [0, 0.1) is 5.41 Å². The van der Waals surface area contributed by atoms with Crippen molar-refractivity contribution >= 4 is 5.97 Å². The highest BCUT2D eigenvalue weighted by atomic mass is 19.4. The van der Waals surface area contributed by atoms with E-state index >= 15 is 0 Å². The van der Waals surface area contributed by atoms with Crippen LogP contribution in [0.15, 0.2) is 35.5 Å². The molecular formula is C19H25F3O5. The number of rotatable bonds is 3. The van der Waals surface area contributed by atoms with Gasteiger partial charge in [0.2, 0.25) is 0 Å². The van der Waals surface area contributed by atoms with Crippen LogP contribution in [-0.4, -0.2) is 46.0 Å². The van der Waals surface area contributed by atoms with E-state index in [1.54, 1.807) is 26.8 Å². The van der Waals surface area contributed by atoms with Crippen LogP contribution in [0.1, 0.15) is 41.0 Å². The van der Waals surface area contributed by atoms with Crippen LogP contribution in [0.4, 0.5) is 13.2 Å². The van der Waals surface area contributed by atoms with E-state index in [2.05, 4.69) is 0 Å². The zero-order valence-corrected chi connectivity index (χ0v) is 15.9. The van der Waals surface area contributed by atoms with Gasteiger partial charge in [-0.1, -0.05) is 19.9 Å². The number of alkyl halides is 3. The molecule has 2 rings (SSSR count). The summed E-state index contributed by atoms with van der Waals surface area (Å²) in [5.41, 5.74) is -3.66. The molecule has 0 saturated carbocycles. The lowest BCUT2D eigenvalue weighted by Gasteiger charge is -2.49. The Labute approximate surface area is 156 Å². The molecule has 1 heterocycles. The van der Waals surface area contributed by atoms with Gasteiger partial charge < -0.3 is 19.7 Å². The van der Waals surface area contributed by atoms with E-state index in [4.69, 9.17) is 14.6 Å². The molecule has 0 amide bonds. The van der Waals surface area contributed by atoms with Crippen LogP contribution in [0.2, 0.25) is 0 Å². The molecule has 1 fully saturated rings. The third kappa shape index (κ3) is 4.12. The van der Waals surface area contributed by atoms with E-state index in [0.717, 1.165) is 6.08 Å². The number of carboxylic acids is 1. The van der Waals surface area contributed by atoms with Crippen LogP contribution in [0.3, 0.4) is 0 Å². The third-order valence-electron chi connectivity index (χ3n) is 5.30. The lowest BCUT2D eigenvalue weighted by molar-refractivity contribution is -0.183. The fourth-order valence-corrected chi connectivity index (χ4v) is 3.70. The number of carboxylic acid groups (broad SMARTS) is 1. The first-order valence-corrected chi connectivity index (χ1v) is 8.61. The minimum Gasteiger partial charge on any atom is -0.478 e. The standard InChI is InChI=1S/C19H25F3O5/c1-11-9-17(26-12(2)13(3)27-17)10-16(4,5)18(11,25)7-6-14(8-15(23)24)19(20,21)22/h6-9,12-13,25H,10H2,1-5H3,(H,23,24)/b7-6+,14-8+. The molecule has 1 saturated heterocycles. The lowest BCUT2D eigenvalue weighted by Crippen LogP contribution is -2.53. The first-order chi connectivity index (χ1) is 12.1. The molecule has 0 bridgehead atoms. The SMILES string of the molecule is CC1=CC2(CC(C)(C)C1(O)/C=C/C(=C\C(=O)O)C(F)(F)F)OC(C)C(C)O2. The van der Waals surface area contributed by atoms with Gasteiger partial charge in [0.05, 0.1) is 17.8 Å². The fraction of sp³-hybridized carbons (Fsp3) is 0.632. The maximum Gasteiger partial charge on any atom is 0.416 e. The number of allylic oxidation sites excluding steroid dienone is 2. The normalized spacial score (nSPS) is 37.1. The third-order valence-corrected chi connectivity index (χ3v) is 5.30. The highest BCUT2D eigenvalue weighted by Crippen LogP contribution is 2.52. The highest BCUT2D eigenvalue weighted by molar-refractivity contribution is 5.81. The predicted molar refractivity (Wildman–Crippen MR) is 91.8 cm³/mol. The first kappa shape index (κ1) is 21.7. The molecule has 0 aromatic carbocycles. The van der Waals surface area contributed by atoms with Gasteiger partial charge in [-0.2, -0.15) is 13.2 Å². The highest BCUT2D eigenvalue weighted by Gasteiger charge is 2.56. The average molecular weight is 390 g/mol. The molecule has 1 aliphatic heterocycles. The Kier molecular flexibility index (Phi) is 5.42. The van der Waals surface area contributed by atoms with Gasteiger partial charge in [0.15, 0.2) is 5.79 Å². The van der Waals surface area contributed by atoms with Crippen molar-refractivity contribution in [1.82, 2.24) is 0 Å². The molecule has 0 aromatic rings. The smallest absolute Gasteiger partial charge is 0.416 e. The summed E-state index contributed by atoms with van der Waals surface area (Å²) < 4.78 is 51.0. The molecule has 5 nitrogen and oxygen atoms in total. The number of aliphatic carboxylic acids is 1. The maximum atomic E-state index is 13.1. The second kappa shape index (κ2) is 6.76. The van der Waals surface area contributed by atoms with Gasteiger partial charge in [-0.25, -0.2) is 4.79 Å². The van der Waals surface area contributed by atoms with E-state index in [1.807, 2.05) is 13.8 Å². The Morgan fingerprint density at radius 2 is 1.78 bits per heavy atom. The summed E-state index contributed by atoms with van der Waals surface area (Å²) >= 11 is 0. The zero-order valence-electron chi connectivity index (χ0n) is 15.9. The predicted octanol–water partition coefficient (Wildman–Crippen LogP) is 3.74. The summed E-state index contributed by atoms with van der Waals surface area (Å²) in [6, 6.07) is 0. The van der Waals surface area contributed by atoms with Crippen molar-refractivity contribution in [2.45, 2.75) is 70.8 Å². The average Bonchev–Trinajstić information content (AvgIpc) is 2.73. The van der Waals surface area contributed by atoms with Crippen molar-refractivity contribution in [3.8, 4) is 0 Å². The second-order valence-corrected chi connectivity index (χ2v) is 7.88. The number of halogens is 3. The summed E-state index contributed by atoms with van der Waals surface area (Å²) in [5.74, 6) is -2.76. The second-order valence-electron chi connectivity index (χ2n) is 7.88. The summed E-state index contributed by atoms with van der Waals surface area (Å²) in [6.45, 7) is 8.71. The van der Waals surface area contributed by atoms with E-state index in [-0.39, 0.29) is 24.7 Å². The van der Waals surface area contributed by atoms with Crippen LogP contribution in [0.5, 0.6) is 0 Å². The first-order valence-electron chi connectivity index (χ1n) is 8.61. The van der Waals surface area contributed by atoms with Gasteiger partial charge in [-0.3, -0.25) is 0 Å². The van der Waals surface area contributed by atoms with Crippen molar-refractivity contribution in [1.29, 1.82) is 0 Å². The minimum absolute atomic E-state index is 0.0722. The van der Waals surface area contributed by atoms with Gasteiger partial charge in [-0.15, -0.1) is 0 Å². The van der Waals surface area contributed by atoms with Gasteiger partial charge >= 0.3 is 12.1 Å². The Morgan fingerprint density at radius 3 is 2.19 bits per heavy atom. The maximum absolute atomic E-state index is 13.1. The Balaban J connectivity index is 2.45. The van der Waals surface area contributed by atoms with Crippen molar-refractivity contribution in [2.75, 3.05) is 0 Å². The molecule has 2 N–H and O–H groups in total. The van der Waals surface area contributed by atoms with E-state index in [0.29, 0.717) is 11.6 Å². The van der Waals surface area contributed by atoms with Crippen molar-refractivity contribution in [3.05, 3.63) is 35.5 Å². The van der Waals surface area contributed by atoms with Crippen LogP contribution < -0.4 is 0 Å². The Hall–Kier alpha value is -1.64. The quantitative estimate of drug-likeness (QED) is 0.436. The van der Waals surface area contributed by atoms with Crippen LogP contribution in [-0.2, 0) is 14.3 Å². The van der Waals surface area contributed by atoms with Crippen LogP contribution >= 0.6 is 0 Å². The van der Waals surface area contributed by atoms with Gasteiger partial charge in [0, 0.05) is 17.9 Å².